The Morgan fingerprint density at radius 1 is 1.00 bits per heavy atom. The van der Waals surface area contributed by atoms with Crippen LogP contribution in [-0.2, 0) is 14.6 Å². The molecule has 0 spiro atoms. The predicted octanol–water partition coefficient (Wildman–Crippen LogP) is 4.85. The molecule has 1 N–H and O–H groups in total. The molecule has 0 aliphatic rings. The number of rotatable bonds is 12. The van der Waals surface area contributed by atoms with Gasteiger partial charge in [-0.15, -0.1) is 9.24 Å². The van der Waals surface area contributed by atoms with Gasteiger partial charge in [-0.1, -0.05) is 65.2 Å². The van der Waals surface area contributed by atoms with Crippen LogP contribution < -0.4 is 0 Å². The Labute approximate surface area is 134 Å². The third-order valence-corrected chi connectivity index (χ3v) is 4.09. The van der Waals surface area contributed by atoms with Crippen molar-refractivity contribution in [3.63, 3.8) is 0 Å². The summed E-state index contributed by atoms with van der Waals surface area (Å²) >= 11 is 0. The molecule has 0 aliphatic heterocycles. The second-order valence-corrected chi connectivity index (χ2v) is 7.10. The first-order valence-electron chi connectivity index (χ1n) is 8.19. The summed E-state index contributed by atoms with van der Waals surface area (Å²) in [5, 5.41) is 0. The Kier molecular flexibility index (Phi) is 18.7. The summed E-state index contributed by atoms with van der Waals surface area (Å²) in [6, 6.07) is 0. The van der Waals surface area contributed by atoms with E-state index in [0.717, 1.165) is 5.92 Å². The minimum atomic E-state index is -4.17. The summed E-state index contributed by atoms with van der Waals surface area (Å²) in [6.07, 6.45) is 14.2. The Bertz CT molecular complexity index is 294. The van der Waals surface area contributed by atoms with Crippen LogP contribution in [0.2, 0.25) is 0 Å². The lowest BCUT2D eigenvalue weighted by Gasteiger charge is -2.08. The molecule has 21 heavy (non-hydrogen) atoms. The second-order valence-electron chi connectivity index (χ2n) is 5.43. The summed E-state index contributed by atoms with van der Waals surface area (Å²) in [4.78, 5) is 0. The molecule has 0 aliphatic carbocycles. The largest absolute Gasteiger partial charge is 0.397 e. The molecule has 0 radical (unpaired) electrons. The molecule has 0 rings (SSSR count). The van der Waals surface area contributed by atoms with Crippen LogP contribution in [0, 0.1) is 5.92 Å². The molecular formula is C15H35O4PS. The van der Waals surface area contributed by atoms with Gasteiger partial charge >= 0.3 is 10.4 Å². The van der Waals surface area contributed by atoms with Crippen molar-refractivity contribution in [3.8, 4) is 0 Å². The third kappa shape index (κ3) is 25.6. The molecular weight excluding hydrogens is 307 g/mol. The van der Waals surface area contributed by atoms with Crippen LogP contribution in [0.25, 0.3) is 0 Å². The fraction of sp³-hybridized carbons (Fsp3) is 1.00. The minimum absolute atomic E-state index is 0.0289. The topological polar surface area (TPSA) is 63.6 Å². The molecule has 2 atom stereocenters. The van der Waals surface area contributed by atoms with Gasteiger partial charge in [-0.2, -0.15) is 8.42 Å². The summed E-state index contributed by atoms with van der Waals surface area (Å²) in [6.45, 7) is 6.11. The highest BCUT2D eigenvalue weighted by Crippen LogP contribution is 2.15. The first-order valence-corrected chi connectivity index (χ1v) is 10.4. The molecule has 0 amide bonds. The van der Waals surface area contributed by atoms with Crippen molar-refractivity contribution in [1.29, 1.82) is 0 Å². The van der Waals surface area contributed by atoms with E-state index in [1.165, 1.54) is 70.9 Å². The maximum Gasteiger partial charge on any atom is 0.397 e. The van der Waals surface area contributed by atoms with Gasteiger partial charge in [0.1, 0.15) is 0 Å². The van der Waals surface area contributed by atoms with Gasteiger partial charge in [-0.25, -0.2) is 4.18 Å². The lowest BCUT2D eigenvalue weighted by Crippen LogP contribution is -2.01. The van der Waals surface area contributed by atoms with E-state index in [2.05, 4.69) is 27.3 Å². The van der Waals surface area contributed by atoms with E-state index in [-0.39, 0.29) is 6.61 Å². The molecule has 0 heterocycles. The van der Waals surface area contributed by atoms with E-state index in [9.17, 15) is 8.42 Å². The maximum atomic E-state index is 9.56. The Hall–Kier alpha value is 0.300. The van der Waals surface area contributed by atoms with Crippen molar-refractivity contribution in [3.05, 3.63) is 0 Å². The molecule has 0 bridgehead atoms. The molecule has 2 unspecified atom stereocenters. The van der Waals surface area contributed by atoms with Gasteiger partial charge in [-0.3, -0.25) is 4.55 Å². The zero-order valence-corrected chi connectivity index (χ0v) is 16.0. The van der Waals surface area contributed by atoms with Gasteiger partial charge in [0.2, 0.25) is 0 Å². The molecule has 4 nitrogen and oxygen atoms in total. The van der Waals surface area contributed by atoms with Gasteiger partial charge < -0.3 is 0 Å². The van der Waals surface area contributed by atoms with E-state index < -0.39 is 10.4 Å². The van der Waals surface area contributed by atoms with Gasteiger partial charge in [-0.05, 0) is 25.4 Å². The van der Waals surface area contributed by atoms with E-state index in [1.54, 1.807) is 0 Å². The van der Waals surface area contributed by atoms with Gasteiger partial charge in [0.05, 0.1) is 6.61 Å². The third-order valence-electron chi connectivity index (χ3n) is 3.23. The van der Waals surface area contributed by atoms with Crippen molar-refractivity contribution < 1.29 is 17.2 Å². The second kappa shape index (κ2) is 16.7. The zero-order chi connectivity index (χ0) is 16.6. The van der Waals surface area contributed by atoms with E-state index in [0.29, 0.717) is 0 Å². The van der Waals surface area contributed by atoms with Crippen LogP contribution in [0.4, 0.5) is 0 Å². The molecule has 0 saturated carbocycles. The van der Waals surface area contributed by atoms with Crippen LogP contribution in [0.1, 0.15) is 78.6 Å². The van der Waals surface area contributed by atoms with Crippen molar-refractivity contribution in [1.82, 2.24) is 0 Å². The average molecular weight is 342 g/mol. The van der Waals surface area contributed by atoms with E-state index in [1.807, 2.05) is 0 Å². The van der Waals surface area contributed by atoms with Gasteiger partial charge in [0.25, 0.3) is 0 Å². The molecule has 0 fully saturated rings. The van der Waals surface area contributed by atoms with Crippen LogP contribution in [0.3, 0.4) is 0 Å². The Balaban J connectivity index is 0. The molecule has 0 aromatic carbocycles. The molecule has 6 heteroatoms. The highest BCUT2D eigenvalue weighted by Gasteiger charge is 1.99. The first-order chi connectivity index (χ1) is 9.87. The van der Waals surface area contributed by atoms with Crippen molar-refractivity contribution in [2.75, 3.05) is 12.8 Å². The molecule has 0 saturated heterocycles. The first kappa shape index (κ1) is 23.6. The van der Waals surface area contributed by atoms with Crippen molar-refractivity contribution in [2.45, 2.75) is 78.6 Å². The minimum Gasteiger partial charge on any atom is -0.264 e. The summed E-state index contributed by atoms with van der Waals surface area (Å²) in [5.41, 5.74) is 0. The molecule has 130 valence electrons. The standard InChI is InChI=1S/C13H29P.C2H6O4S/c1-3-4-5-6-7-8-9-10-13(2)11-12-14;1-2-6-7(3,4)5/h13H,3-12,14H2,1-2H3;2H2,1H3,(H,3,4,5). The summed E-state index contributed by atoms with van der Waals surface area (Å²) in [7, 11) is -1.34. The van der Waals surface area contributed by atoms with Crippen molar-refractivity contribution in [2.24, 2.45) is 5.92 Å². The number of unbranched alkanes of at least 4 members (excludes halogenated alkanes) is 6. The lowest BCUT2D eigenvalue weighted by atomic mass is 10.00. The highest BCUT2D eigenvalue weighted by atomic mass is 32.3. The van der Waals surface area contributed by atoms with Crippen LogP contribution >= 0.6 is 9.24 Å². The number of hydrogen-bond acceptors (Lipinski definition) is 3. The maximum absolute atomic E-state index is 9.56. The van der Waals surface area contributed by atoms with Gasteiger partial charge in [0.15, 0.2) is 0 Å². The molecule has 0 aromatic heterocycles. The quantitative estimate of drug-likeness (QED) is 0.313. The summed E-state index contributed by atoms with van der Waals surface area (Å²) < 4.78 is 30.7. The van der Waals surface area contributed by atoms with Crippen LogP contribution in [0.15, 0.2) is 0 Å². The Morgan fingerprint density at radius 3 is 1.90 bits per heavy atom. The summed E-state index contributed by atoms with van der Waals surface area (Å²) in [5.74, 6) is 0.947. The molecule has 0 aromatic rings. The normalized spacial score (nSPS) is 12.6. The fourth-order valence-corrected chi connectivity index (χ4v) is 2.89. The highest BCUT2D eigenvalue weighted by molar-refractivity contribution is 7.80. The zero-order valence-electron chi connectivity index (χ0n) is 14.0. The van der Waals surface area contributed by atoms with Crippen LogP contribution in [0.5, 0.6) is 0 Å². The van der Waals surface area contributed by atoms with E-state index >= 15 is 0 Å². The van der Waals surface area contributed by atoms with E-state index in [4.69, 9.17) is 4.55 Å². The smallest absolute Gasteiger partial charge is 0.264 e. The predicted molar refractivity (Wildman–Crippen MR) is 94.1 cm³/mol. The SMILES string of the molecule is CCCCCCCCCC(C)CCP.CCOS(=O)(=O)O. The van der Waals surface area contributed by atoms with Gasteiger partial charge in [0, 0.05) is 0 Å². The lowest BCUT2D eigenvalue weighted by molar-refractivity contribution is 0.283. The van der Waals surface area contributed by atoms with Crippen molar-refractivity contribution >= 4 is 19.6 Å². The monoisotopic (exact) mass is 342 g/mol. The Morgan fingerprint density at radius 2 is 1.52 bits per heavy atom. The fourth-order valence-electron chi connectivity index (χ4n) is 2.03. The van der Waals surface area contributed by atoms with Crippen LogP contribution in [-0.4, -0.2) is 25.7 Å². The number of hydrogen-bond donors (Lipinski definition) is 1. The average Bonchev–Trinajstić information content (AvgIpc) is 2.37.